The predicted octanol–water partition coefficient (Wildman–Crippen LogP) is 2.69. The lowest BCUT2D eigenvalue weighted by Gasteiger charge is -2.12. The number of carbonyl (C=O) groups is 1. The Balaban J connectivity index is 1.98. The molecule has 0 radical (unpaired) electrons. The zero-order chi connectivity index (χ0) is 19.1. The Hall–Kier alpha value is -2.84. The van der Waals surface area contributed by atoms with Gasteiger partial charge in [-0.25, -0.2) is 13.6 Å². The Morgan fingerprint density at radius 3 is 2.54 bits per heavy atom. The van der Waals surface area contributed by atoms with E-state index in [0.717, 1.165) is 22.2 Å². The van der Waals surface area contributed by atoms with Gasteiger partial charge in [-0.05, 0) is 55.8 Å². The molecule has 7 nitrogen and oxygen atoms in total. The van der Waals surface area contributed by atoms with Gasteiger partial charge in [-0.2, -0.15) is 0 Å². The van der Waals surface area contributed by atoms with Gasteiger partial charge in [-0.15, -0.1) is 0 Å². The number of methoxy groups -OCH3 is 1. The normalized spacial score (nSPS) is 11.5. The first-order chi connectivity index (χ1) is 12.2. The van der Waals surface area contributed by atoms with Crippen molar-refractivity contribution in [3.63, 3.8) is 0 Å². The highest BCUT2D eigenvalue weighted by Gasteiger charge is 2.16. The number of H-pyrrole nitrogens is 1. The minimum absolute atomic E-state index is 0.110. The number of fused-ring (bicyclic) bond motifs is 1. The summed E-state index contributed by atoms with van der Waals surface area (Å²) in [5.74, 6) is -0.0458. The number of hydrogen-bond acceptors (Lipinski definition) is 4. The number of primary sulfonamides is 1. The van der Waals surface area contributed by atoms with Gasteiger partial charge >= 0.3 is 0 Å². The molecular weight excluding hydrogens is 354 g/mol. The molecule has 1 heterocycles. The molecule has 0 spiro atoms. The molecule has 0 aliphatic rings. The zero-order valence-corrected chi connectivity index (χ0v) is 15.4. The van der Waals surface area contributed by atoms with Crippen molar-refractivity contribution < 1.29 is 17.9 Å². The molecule has 0 unspecified atom stereocenters. The summed E-state index contributed by atoms with van der Waals surface area (Å²) in [7, 11) is -2.46. The van der Waals surface area contributed by atoms with Gasteiger partial charge < -0.3 is 15.0 Å². The number of nitrogens with one attached hydrogen (secondary N) is 2. The van der Waals surface area contributed by atoms with Gasteiger partial charge in [0.25, 0.3) is 5.91 Å². The summed E-state index contributed by atoms with van der Waals surface area (Å²) in [5, 5.41) is 8.80. The summed E-state index contributed by atoms with van der Waals surface area (Å²) < 4.78 is 28.3. The maximum absolute atomic E-state index is 12.6. The topological polar surface area (TPSA) is 114 Å². The molecule has 136 valence electrons. The number of hydrogen-bond donors (Lipinski definition) is 3. The zero-order valence-electron chi connectivity index (χ0n) is 14.6. The third-order valence-corrected chi connectivity index (χ3v) is 5.23. The SMILES string of the molecule is COc1ccc(S(N)(=O)=O)cc1NC(=O)c1ccc2[nH]c(C)c(C)c2c1. The highest BCUT2D eigenvalue weighted by molar-refractivity contribution is 7.89. The first kappa shape index (κ1) is 18.0. The number of amides is 1. The molecular formula is C18H19N3O4S. The van der Waals surface area contributed by atoms with Crippen LogP contribution in [0, 0.1) is 13.8 Å². The van der Waals surface area contributed by atoms with Gasteiger partial charge in [0.2, 0.25) is 10.0 Å². The fraction of sp³-hybridized carbons (Fsp3) is 0.167. The van der Waals surface area contributed by atoms with E-state index in [2.05, 4.69) is 10.3 Å². The number of carbonyl (C=O) groups excluding carboxylic acids is 1. The number of benzene rings is 2. The van der Waals surface area contributed by atoms with Gasteiger partial charge in [-0.1, -0.05) is 0 Å². The van der Waals surface area contributed by atoms with E-state index in [1.165, 1.54) is 25.3 Å². The third-order valence-electron chi connectivity index (χ3n) is 4.32. The molecule has 0 bridgehead atoms. The summed E-state index contributed by atoms with van der Waals surface area (Å²) in [6, 6.07) is 9.36. The minimum Gasteiger partial charge on any atom is -0.495 e. The van der Waals surface area contributed by atoms with Crippen LogP contribution in [0.1, 0.15) is 21.6 Å². The smallest absolute Gasteiger partial charge is 0.255 e. The Morgan fingerprint density at radius 1 is 1.15 bits per heavy atom. The molecule has 0 fully saturated rings. The molecule has 26 heavy (non-hydrogen) atoms. The lowest BCUT2D eigenvalue weighted by Crippen LogP contribution is -2.15. The number of nitrogens with two attached hydrogens (primary N) is 1. The van der Waals surface area contributed by atoms with Crippen molar-refractivity contribution in [3.8, 4) is 5.75 Å². The standard InChI is InChI=1S/C18H19N3O4S/c1-10-11(2)20-15-6-4-12(8-14(10)15)18(22)21-16-9-13(26(19,23)24)5-7-17(16)25-3/h4-9,20H,1-3H3,(H,21,22)(H2,19,23,24). The van der Waals surface area contributed by atoms with Crippen molar-refractivity contribution in [2.24, 2.45) is 5.14 Å². The molecule has 1 aromatic heterocycles. The average molecular weight is 373 g/mol. The highest BCUT2D eigenvalue weighted by atomic mass is 32.2. The van der Waals surface area contributed by atoms with Crippen LogP contribution >= 0.6 is 0 Å². The number of anilines is 1. The molecule has 3 rings (SSSR count). The van der Waals surface area contributed by atoms with E-state index in [0.29, 0.717) is 11.3 Å². The van der Waals surface area contributed by atoms with E-state index in [4.69, 9.17) is 9.88 Å². The number of aromatic nitrogens is 1. The van der Waals surface area contributed by atoms with Crippen LogP contribution in [-0.2, 0) is 10.0 Å². The van der Waals surface area contributed by atoms with E-state index >= 15 is 0 Å². The number of rotatable bonds is 4. The van der Waals surface area contributed by atoms with Crippen LogP contribution in [-0.4, -0.2) is 26.4 Å². The van der Waals surface area contributed by atoms with Crippen LogP contribution in [0.25, 0.3) is 10.9 Å². The Labute approximate surface area is 151 Å². The first-order valence-corrected chi connectivity index (χ1v) is 9.36. The molecule has 8 heteroatoms. The van der Waals surface area contributed by atoms with E-state index in [1.807, 2.05) is 19.9 Å². The summed E-state index contributed by atoms with van der Waals surface area (Å²) in [5.41, 5.74) is 3.74. The maximum atomic E-state index is 12.6. The van der Waals surface area contributed by atoms with Gasteiger partial charge in [0.05, 0.1) is 17.7 Å². The van der Waals surface area contributed by atoms with Crippen molar-refractivity contribution >= 4 is 32.5 Å². The lowest BCUT2D eigenvalue weighted by molar-refractivity contribution is 0.102. The van der Waals surface area contributed by atoms with Crippen molar-refractivity contribution in [1.29, 1.82) is 0 Å². The molecule has 0 aliphatic carbocycles. The Bertz CT molecular complexity index is 1120. The van der Waals surface area contributed by atoms with Crippen LogP contribution < -0.4 is 15.2 Å². The fourth-order valence-electron chi connectivity index (χ4n) is 2.76. The summed E-state index contributed by atoms with van der Waals surface area (Å²) in [4.78, 5) is 15.8. The first-order valence-electron chi connectivity index (χ1n) is 7.82. The highest BCUT2D eigenvalue weighted by Crippen LogP contribution is 2.28. The molecule has 2 aromatic carbocycles. The van der Waals surface area contributed by atoms with Crippen LogP contribution in [0.3, 0.4) is 0 Å². The van der Waals surface area contributed by atoms with Gasteiger partial charge in [0.1, 0.15) is 5.75 Å². The molecule has 0 saturated heterocycles. The third kappa shape index (κ3) is 3.29. The van der Waals surface area contributed by atoms with Crippen molar-refractivity contribution in [3.05, 3.63) is 53.2 Å². The van der Waals surface area contributed by atoms with Crippen LogP contribution in [0.15, 0.2) is 41.3 Å². The fourth-order valence-corrected chi connectivity index (χ4v) is 3.30. The van der Waals surface area contributed by atoms with Crippen LogP contribution in [0.4, 0.5) is 5.69 Å². The summed E-state index contributed by atoms with van der Waals surface area (Å²) >= 11 is 0. The van der Waals surface area contributed by atoms with Gasteiger partial charge in [-0.3, -0.25) is 4.79 Å². The predicted molar refractivity (Wildman–Crippen MR) is 100 cm³/mol. The summed E-state index contributed by atoms with van der Waals surface area (Å²) in [6.07, 6.45) is 0. The average Bonchev–Trinajstić information content (AvgIpc) is 2.88. The van der Waals surface area contributed by atoms with E-state index in [9.17, 15) is 13.2 Å². The van der Waals surface area contributed by atoms with E-state index in [1.54, 1.807) is 12.1 Å². The summed E-state index contributed by atoms with van der Waals surface area (Å²) in [6.45, 7) is 3.95. The van der Waals surface area contributed by atoms with Crippen LogP contribution in [0.2, 0.25) is 0 Å². The second kappa shape index (κ2) is 6.47. The molecule has 0 atom stereocenters. The van der Waals surface area contributed by atoms with Crippen molar-refractivity contribution in [2.75, 3.05) is 12.4 Å². The van der Waals surface area contributed by atoms with Crippen molar-refractivity contribution in [2.45, 2.75) is 18.7 Å². The van der Waals surface area contributed by atoms with E-state index in [-0.39, 0.29) is 16.5 Å². The lowest BCUT2D eigenvalue weighted by atomic mass is 10.1. The number of aryl methyl sites for hydroxylation is 2. The molecule has 4 N–H and O–H groups in total. The van der Waals surface area contributed by atoms with Crippen LogP contribution in [0.5, 0.6) is 5.75 Å². The number of sulfonamides is 1. The van der Waals surface area contributed by atoms with Gasteiger partial charge in [0.15, 0.2) is 0 Å². The molecule has 1 amide bonds. The molecule has 0 saturated carbocycles. The monoisotopic (exact) mass is 373 g/mol. The Kier molecular flexibility index (Phi) is 4.47. The maximum Gasteiger partial charge on any atom is 0.255 e. The number of ether oxygens (including phenoxy) is 1. The molecule has 0 aliphatic heterocycles. The van der Waals surface area contributed by atoms with Crippen molar-refractivity contribution in [1.82, 2.24) is 4.98 Å². The van der Waals surface area contributed by atoms with E-state index < -0.39 is 10.0 Å². The quantitative estimate of drug-likeness (QED) is 0.652. The second-order valence-corrected chi connectivity index (χ2v) is 7.56. The molecule has 3 aromatic rings. The second-order valence-electron chi connectivity index (χ2n) is 6.00. The van der Waals surface area contributed by atoms with Gasteiger partial charge in [0, 0.05) is 22.2 Å². The largest absolute Gasteiger partial charge is 0.495 e. The Morgan fingerprint density at radius 2 is 1.88 bits per heavy atom. The number of aromatic amines is 1. The minimum atomic E-state index is -3.89.